The number of carbonyl (C=O) groups excluding carboxylic acids is 1. The second-order valence-electron chi connectivity index (χ2n) is 5.91. The minimum atomic E-state index is -0.477. The zero-order valence-corrected chi connectivity index (χ0v) is 13.8. The Kier molecular flexibility index (Phi) is 3.72. The SMILES string of the molecule is Cc1cccc2c1ncn1c(=O)n(CC(=O)Nc3cccc(F)c3)nc21. The van der Waals surface area contributed by atoms with Crippen LogP contribution in [0.1, 0.15) is 5.56 Å². The number of amides is 1. The average molecular weight is 351 g/mol. The van der Waals surface area contributed by atoms with Crippen LogP contribution in [0.3, 0.4) is 0 Å². The maximum absolute atomic E-state index is 13.2. The number of hydrogen-bond acceptors (Lipinski definition) is 4. The highest BCUT2D eigenvalue weighted by Gasteiger charge is 2.14. The van der Waals surface area contributed by atoms with Crippen molar-refractivity contribution in [1.29, 1.82) is 0 Å². The monoisotopic (exact) mass is 351 g/mol. The third kappa shape index (κ3) is 2.71. The topological polar surface area (TPSA) is 81.3 Å². The predicted molar refractivity (Wildman–Crippen MR) is 94.5 cm³/mol. The molecule has 0 bridgehead atoms. The molecule has 8 heteroatoms. The van der Waals surface area contributed by atoms with Crippen LogP contribution in [0.15, 0.2) is 53.6 Å². The van der Waals surface area contributed by atoms with Crippen LogP contribution in [0.5, 0.6) is 0 Å². The summed E-state index contributed by atoms with van der Waals surface area (Å²) < 4.78 is 15.6. The summed E-state index contributed by atoms with van der Waals surface area (Å²) in [7, 11) is 0. The van der Waals surface area contributed by atoms with Crippen molar-refractivity contribution in [3.8, 4) is 0 Å². The Morgan fingerprint density at radius 3 is 2.85 bits per heavy atom. The maximum atomic E-state index is 13.2. The predicted octanol–water partition coefficient (Wildman–Crippen LogP) is 2.13. The molecule has 0 fully saturated rings. The van der Waals surface area contributed by atoms with E-state index in [1.807, 2.05) is 25.1 Å². The first-order valence-corrected chi connectivity index (χ1v) is 7.92. The summed E-state index contributed by atoms with van der Waals surface area (Å²) in [5.41, 5.74) is 2.00. The lowest BCUT2D eigenvalue weighted by atomic mass is 10.1. The van der Waals surface area contributed by atoms with Gasteiger partial charge in [-0.3, -0.25) is 4.79 Å². The van der Waals surface area contributed by atoms with Crippen LogP contribution in [0.4, 0.5) is 10.1 Å². The van der Waals surface area contributed by atoms with Crippen LogP contribution >= 0.6 is 0 Å². The maximum Gasteiger partial charge on any atom is 0.352 e. The van der Waals surface area contributed by atoms with E-state index in [1.54, 1.807) is 6.07 Å². The van der Waals surface area contributed by atoms with Crippen LogP contribution in [0, 0.1) is 12.7 Å². The zero-order chi connectivity index (χ0) is 18.3. The number of fused-ring (bicyclic) bond motifs is 3. The Hall–Kier alpha value is -3.55. The van der Waals surface area contributed by atoms with Crippen LogP contribution in [0.25, 0.3) is 16.6 Å². The summed E-state index contributed by atoms with van der Waals surface area (Å²) in [5.74, 6) is -0.935. The first-order chi connectivity index (χ1) is 12.5. The lowest BCUT2D eigenvalue weighted by Crippen LogP contribution is -2.28. The fourth-order valence-corrected chi connectivity index (χ4v) is 2.84. The largest absolute Gasteiger partial charge is 0.352 e. The van der Waals surface area contributed by atoms with Crippen molar-refractivity contribution in [2.45, 2.75) is 13.5 Å². The summed E-state index contributed by atoms with van der Waals surface area (Å²) in [5, 5.41) is 7.55. The Morgan fingerprint density at radius 2 is 2.04 bits per heavy atom. The second kappa shape index (κ2) is 6.07. The lowest BCUT2D eigenvalue weighted by molar-refractivity contribution is -0.117. The molecule has 0 aliphatic carbocycles. The van der Waals surface area contributed by atoms with Gasteiger partial charge in [0, 0.05) is 11.1 Å². The molecule has 1 N–H and O–H groups in total. The molecule has 0 saturated carbocycles. The number of nitrogens with zero attached hydrogens (tertiary/aromatic N) is 4. The molecule has 26 heavy (non-hydrogen) atoms. The van der Waals surface area contributed by atoms with Gasteiger partial charge in [0.1, 0.15) is 18.7 Å². The molecule has 0 unspecified atom stereocenters. The third-order valence-electron chi connectivity index (χ3n) is 4.05. The molecule has 0 atom stereocenters. The van der Waals surface area contributed by atoms with Crippen LogP contribution in [-0.4, -0.2) is 25.1 Å². The van der Waals surface area contributed by atoms with E-state index in [4.69, 9.17) is 0 Å². The lowest BCUT2D eigenvalue weighted by Gasteiger charge is -2.04. The molecule has 0 aliphatic heterocycles. The number of rotatable bonds is 3. The molecular formula is C18H14FN5O2. The Labute approximate surface area is 146 Å². The van der Waals surface area contributed by atoms with Crippen molar-refractivity contribution in [1.82, 2.24) is 19.2 Å². The molecular weight excluding hydrogens is 337 g/mol. The fraction of sp³-hybridized carbons (Fsp3) is 0.111. The van der Waals surface area contributed by atoms with Crippen molar-refractivity contribution in [2.24, 2.45) is 0 Å². The van der Waals surface area contributed by atoms with Gasteiger partial charge < -0.3 is 5.32 Å². The molecule has 0 aliphatic rings. The van der Waals surface area contributed by atoms with Gasteiger partial charge in [-0.15, -0.1) is 5.10 Å². The summed E-state index contributed by atoms with van der Waals surface area (Å²) in [6, 6.07) is 11.1. The minimum Gasteiger partial charge on any atom is -0.324 e. The summed E-state index contributed by atoms with van der Waals surface area (Å²) in [6.07, 6.45) is 1.40. The normalized spacial score (nSPS) is 11.2. The highest BCUT2D eigenvalue weighted by Crippen LogP contribution is 2.18. The molecule has 2 heterocycles. The van der Waals surface area contributed by atoms with Gasteiger partial charge in [0.15, 0.2) is 5.65 Å². The van der Waals surface area contributed by atoms with E-state index in [0.717, 1.165) is 21.1 Å². The summed E-state index contributed by atoms with van der Waals surface area (Å²) >= 11 is 0. The smallest absolute Gasteiger partial charge is 0.324 e. The van der Waals surface area contributed by atoms with Crippen LogP contribution in [0.2, 0.25) is 0 Å². The van der Waals surface area contributed by atoms with Crippen molar-refractivity contribution in [3.05, 3.63) is 70.7 Å². The molecule has 7 nitrogen and oxygen atoms in total. The number of benzene rings is 2. The van der Waals surface area contributed by atoms with Crippen molar-refractivity contribution < 1.29 is 9.18 Å². The second-order valence-corrected chi connectivity index (χ2v) is 5.91. The van der Waals surface area contributed by atoms with E-state index in [-0.39, 0.29) is 6.54 Å². The molecule has 130 valence electrons. The Balaban J connectivity index is 1.70. The van der Waals surface area contributed by atoms with Crippen molar-refractivity contribution in [3.63, 3.8) is 0 Å². The molecule has 4 aromatic rings. The van der Waals surface area contributed by atoms with Gasteiger partial charge in [0.2, 0.25) is 5.91 Å². The van der Waals surface area contributed by atoms with Gasteiger partial charge >= 0.3 is 5.69 Å². The molecule has 0 spiro atoms. The van der Waals surface area contributed by atoms with E-state index in [0.29, 0.717) is 11.3 Å². The number of carbonyl (C=O) groups is 1. The van der Waals surface area contributed by atoms with Crippen molar-refractivity contribution in [2.75, 3.05) is 5.32 Å². The molecule has 0 saturated heterocycles. The molecule has 0 radical (unpaired) electrons. The number of aryl methyl sites for hydroxylation is 1. The standard InChI is InChI=1S/C18H14FN5O2/c1-11-4-2-7-14-16(11)20-10-23-17(14)22-24(18(23)26)9-15(25)21-13-6-3-5-12(19)8-13/h2-8,10H,9H2,1H3,(H,21,25). The van der Waals surface area contributed by atoms with Gasteiger partial charge in [0.25, 0.3) is 0 Å². The van der Waals surface area contributed by atoms with Crippen molar-refractivity contribution >= 4 is 28.1 Å². The number of hydrogen-bond donors (Lipinski definition) is 1. The van der Waals surface area contributed by atoms with Gasteiger partial charge in [-0.25, -0.2) is 23.3 Å². The quantitative estimate of drug-likeness (QED) is 0.613. The van der Waals surface area contributed by atoms with E-state index in [1.165, 1.54) is 28.9 Å². The highest BCUT2D eigenvalue weighted by atomic mass is 19.1. The Bertz CT molecular complexity index is 1210. The molecule has 2 aromatic carbocycles. The fourth-order valence-electron chi connectivity index (χ4n) is 2.84. The highest BCUT2D eigenvalue weighted by molar-refractivity contribution is 5.93. The number of halogens is 1. The summed E-state index contributed by atoms with van der Waals surface area (Å²) in [4.78, 5) is 29.0. The molecule has 2 aromatic heterocycles. The van der Waals surface area contributed by atoms with Crippen LogP contribution in [-0.2, 0) is 11.3 Å². The molecule has 1 amide bonds. The number of aromatic nitrogens is 4. The Morgan fingerprint density at radius 1 is 1.23 bits per heavy atom. The molecule has 4 rings (SSSR count). The first kappa shape index (κ1) is 15.9. The van der Waals surface area contributed by atoms with Gasteiger partial charge in [-0.1, -0.05) is 18.2 Å². The van der Waals surface area contributed by atoms with Gasteiger partial charge in [-0.2, -0.15) is 0 Å². The number of anilines is 1. The number of nitrogens with one attached hydrogen (secondary N) is 1. The van der Waals surface area contributed by atoms with Gasteiger partial charge in [-0.05, 0) is 36.8 Å². The van der Waals surface area contributed by atoms with E-state index in [9.17, 15) is 14.0 Å². The zero-order valence-electron chi connectivity index (χ0n) is 13.8. The average Bonchev–Trinajstić information content (AvgIpc) is 2.92. The number of para-hydroxylation sites is 1. The third-order valence-corrected chi connectivity index (χ3v) is 4.05. The van der Waals surface area contributed by atoms with E-state index < -0.39 is 17.4 Å². The van der Waals surface area contributed by atoms with E-state index >= 15 is 0 Å². The summed E-state index contributed by atoms with van der Waals surface area (Å²) in [6.45, 7) is 1.64. The first-order valence-electron chi connectivity index (χ1n) is 7.92. The van der Waals surface area contributed by atoms with Gasteiger partial charge in [0.05, 0.1) is 5.52 Å². The van der Waals surface area contributed by atoms with E-state index in [2.05, 4.69) is 15.4 Å². The van der Waals surface area contributed by atoms with Crippen LogP contribution < -0.4 is 11.0 Å². The minimum absolute atomic E-state index is 0.287.